The van der Waals surface area contributed by atoms with Crippen LogP contribution in [0, 0.1) is 0 Å². The molecule has 30 heavy (non-hydrogen) atoms. The van der Waals surface area contributed by atoms with E-state index in [4.69, 9.17) is 11.6 Å². The van der Waals surface area contributed by atoms with Gasteiger partial charge in [-0.15, -0.1) is 5.10 Å². The topological polar surface area (TPSA) is 105 Å². The Kier molecular flexibility index (Phi) is 5.00. The number of aromatic amines is 1. The number of phenols is 1. The minimum absolute atomic E-state index is 0.137. The first-order chi connectivity index (χ1) is 14.7. The monoisotopic (exact) mass is 423 g/mol. The zero-order chi connectivity index (χ0) is 20.5. The van der Waals surface area contributed by atoms with E-state index in [9.17, 15) is 5.11 Å². The Hall–Kier alpha value is -3.13. The van der Waals surface area contributed by atoms with E-state index in [2.05, 4.69) is 30.8 Å². The van der Waals surface area contributed by atoms with Crippen molar-refractivity contribution in [2.24, 2.45) is 0 Å². The van der Waals surface area contributed by atoms with Gasteiger partial charge in [-0.25, -0.2) is 9.67 Å². The molecule has 2 aromatic heterocycles. The minimum Gasteiger partial charge on any atom is -0.508 e. The lowest BCUT2D eigenvalue weighted by Gasteiger charge is -2.26. The summed E-state index contributed by atoms with van der Waals surface area (Å²) in [6, 6.07) is 10.7. The molecule has 1 fully saturated rings. The molecule has 1 saturated carbocycles. The Morgan fingerprint density at radius 1 is 1.13 bits per heavy atom. The summed E-state index contributed by atoms with van der Waals surface area (Å²) >= 11 is 6.27. The van der Waals surface area contributed by atoms with Crippen LogP contribution in [-0.2, 0) is 0 Å². The van der Waals surface area contributed by atoms with E-state index in [1.54, 1.807) is 24.5 Å². The summed E-state index contributed by atoms with van der Waals surface area (Å²) in [5.41, 5.74) is 3.28. The van der Waals surface area contributed by atoms with Crippen molar-refractivity contribution in [2.45, 2.75) is 44.2 Å². The van der Waals surface area contributed by atoms with Gasteiger partial charge in [0.05, 0.1) is 23.4 Å². The fourth-order valence-corrected chi connectivity index (χ4v) is 4.39. The minimum atomic E-state index is -0.471. The molecule has 0 spiro atoms. The highest BCUT2D eigenvalue weighted by Gasteiger charge is 2.28. The third-order valence-corrected chi connectivity index (χ3v) is 5.96. The zero-order valence-corrected chi connectivity index (χ0v) is 17.0. The molecule has 3 N–H and O–H groups in total. The Bertz CT molecular complexity index is 1170. The number of nitrogens with zero attached hydrogens (tertiary/aromatic N) is 5. The number of benzene rings is 2. The predicted octanol–water partition coefficient (Wildman–Crippen LogP) is 4.62. The van der Waals surface area contributed by atoms with Crippen LogP contribution in [0.1, 0.15) is 55.6 Å². The molecule has 4 aromatic rings. The number of imidazole rings is 1. The van der Waals surface area contributed by atoms with Crippen molar-refractivity contribution in [1.29, 1.82) is 0 Å². The van der Waals surface area contributed by atoms with Gasteiger partial charge in [-0.05, 0) is 59.7 Å². The van der Waals surface area contributed by atoms with Crippen molar-refractivity contribution in [3.63, 3.8) is 0 Å². The first kappa shape index (κ1) is 18.9. The second-order valence-corrected chi connectivity index (χ2v) is 8.12. The number of phenolic OH excluding ortho intramolecular Hbond substituents is 1. The maximum absolute atomic E-state index is 10.6. The summed E-state index contributed by atoms with van der Waals surface area (Å²) < 4.78 is 1.91. The van der Waals surface area contributed by atoms with Gasteiger partial charge in [0.2, 0.25) is 0 Å². The average molecular weight is 424 g/mol. The molecule has 154 valence electrons. The number of H-pyrrole nitrogens is 1. The Labute approximate surface area is 178 Å². The van der Waals surface area contributed by atoms with Crippen molar-refractivity contribution < 1.29 is 5.11 Å². The molecule has 1 aliphatic carbocycles. The predicted molar refractivity (Wildman–Crippen MR) is 115 cm³/mol. The second-order valence-electron chi connectivity index (χ2n) is 7.69. The number of aromatic nitrogens is 6. The fourth-order valence-electron chi connectivity index (χ4n) is 4.21. The first-order valence-electron chi connectivity index (χ1n) is 10.1. The number of tetrazole rings is 1. The molecule has 0 radical (unpaired) electrons. The van der Waals surface area contributed by atoms with Crippen molar-refractivity contribution in [3.8, 4) is 5.75 Å². The third kappa shape index (κ3) is 3.59. The van der Waals surface area contributed by atoms with Crippen LogP contribution in [0.25, 0.3) is 11.0 Å². The van der Waals surface area contributed by atoms with E-state index in [0.29, 0.717) is 16.4 Å². The molecule has 2 aromatic carbocycles. The van der Waals surface area contributed by atoms with Crippen molar-refractivity contribution >= 4 is 28.3 Å². The van der Waals surface area contributed by atoms with Crippen molar-refractivity contribution in [3.05, 3.63) is 59.1 Å². The molecule has 8 nitrogen and oxygen atoms in total. The molecule has 1 aliphatic rings. The van der Waals surface area contributed by atoms with Crippen LogP contribution < -0.4 is 5.32 Å². The quantitative estimate of drug-likeness (QED) is 0.432. The largest absolute Gasteiger partial charge is 0.508 e. The van der Waals surface area contributed by atoms with Gasteiger partial charge in [0, 0.05) is 16.3 Å². The molecule has 1 atom stereocenters. The van der Waals surface area contributed by atoms with Gasteiger partial charge >= 0.3 is 0 Å². The summed E-state index contributed by atoms with van der Waals surface area (Å²) in [6.45, 7) is 0. The first-order valence-corrected chi connectivity index (χ1v) is 10.5. The Morgan fingerprint density at radius 3 is 2.87 bits per heavy atom. The molecule has 1 unspecified atom stereocenters. The van der Waals surface area contributed by atoms with Gasteiger partial charge in [-0.1, -0.05) is 30.9 Å². The molecule has 0 bridgehead atoms. The van der Waals surface area contributed by atoms with Crippen LogP contribution in [0.4, 0.5) is 5.69 Å². The van der Waals surface area contributed by atoms with Gasteiger partial charge in [-0.3, -0.25) is 0 Å². The smallest absolute Gasteiger partial charge is 0.178 e. The maximum Gasteiger partial charge on any atom is 0.178 e. The Balaban J connectivity index is 1.58. The SMILES string of the molecule is Oc1ccc(Cl)cc1C(Nc1ccc2nc[nH]c2c1)c1nnnn1C1CCCCC1. The van der Waals surface area contributed by atoms with E-state index in [1.165, 1.54) is 19.3 Å². The highest BCUT2D eigenvalue weighted by Crippen LogP contribution is 2.36. The lowest BCUT2D eigenvalue weighted by Crippen LogP contribution is -2.23. The standard InChI is InChI=1S/C21H22ClN7O/c22-13-6-9-19(30)16(10-13)20(25-14-7-8-17-18(11-14)24-12-23-17)21-26-27-28-29(21)15-4-2-1-3-5-15/h6-12,15,20,25,30H,1-5H2,(H,23,24). The van der Waals surface area contributed by atoms with Crippen LogP contribution in [-0.4, -0.2) is 35.3 Å². The summed E-state index contributed by atoms with van der Waals surface area (Å²) in [7, 11) is 0. The second kappa shape index (κ2) is 7.95. The van der Waals surface area contributed by atoms with Crippen molar-refractivity contribution in [2.75, 3.05) is 5.32 Å². The molecule has 5 rings (SSSR count). The summed E-state index contributed by atoms with van der Waals surface area (Å²) in [4.78, 5) is 7.39. The number of anilines is 1. The number of rotatable bonds is 5. The molecule has 0 aliphatic heterocycles. The number of hydrogen-bond donors (Lipinski definition) is 3. The van der Waals surface area contributed by atoms with Gasteiger partial charge in [0.15, 0.2) is 5.82 Å². The van der Waals surface area contributed by atoms with Crippen LogP contribution in [0.5, 0.6) is 5.75 Å². The fraction of sp³-hybridized carbons (Fsp3) is 0.333. The summed E-state index contributed by atoms with van der Waals surface area (Å²) in [5.74, 6) is 0.793. The maximum atomic E-state index is 10.6. The van der Waals surface area contributed by atoms with E-state index in [1.807, 2.05) is 22.9 Å². The van der Waals surface area contributed by atoms with Crippen LogP contribution in [0.2, 0.25) is 5.02 Å². The molecule has 9 heteroatoms. The lowest BCUT2D eigenvalue weighted by atomic mass is 9.95. The number of aromatic hydroxyl groups is 1. The normalized spacial score (nSPS) is 16.0. The number of nitrogens with one attached hydrogen (secondary N) is 2. The highest BCUT2D eigenvalue weighted by molar-refractivity contribution is 6.30. The van der Waals surface area contributed by atoms with Gasteiger partial charge in [-0.2, -0.15) is 0 Å². The molecular formula is C21H22ClN7O. The number of halogens is 1. The molecule has 2 heterocycles. The van der Waals surface area contributed by atoms with E-state index in [0.717, 1.165) is 29.6 Å². The molecule has 0 amide bonds. The van der Waals surface area contributed by atoms with Crippen LogP contribution in [0.3, 0.4) is 0 Å². The highest BCUT2D eigenvalue weighted by atomic mass is 35.5. The molecule has 0 saturated heterocycles. The van der Waals surface area contributed by atoms with Gasteiger partial charge in [0.1, 0.15) is 11.8 Å². The van der Waals surface area contributed by atoms with Crippen LogP contribution >= 0.6 is 11.6 Å². The van der Waals surface area contributed by atoms with E-state index in [-0.39, 0.29) is 11.8 Å². The third-order valence-electron chi connectivity index (χ3n) is 5.73. The van der Waals surface area contributed by atoms with Crippen molar-refractivity contribution in [1.82, 2.24) is 30.2 Å². The lowest BCUT2D eigenvalue weighted by molar-refractivity contribution is 0.315. The van der Waals surface area contributed by atoms with E-state index < -0.39 is 6.04 Å². The summed E-state index contributed by atoms with van der Waals surface area (Å²) in [6.07, 6.45) is 7.34. The Morgan fingerprint density at radius 2 is 2.00 bits per heavy atom. The summed E-state index contributed by atoms with van der Waals surface area (Å²) in [5, 5.41) is 27.3. The average Bonchev–Trinajstić information content (AvgIpc) is 3.43. The van der Waals surface area contributed by atoms with Crippen LogP contribution in [0.15, 0.2) is 42.7 Å². The zero-order valence-electron chi connectivity index (χ0n) is 16.3. The number of hydrogen-bond acceptors (Lipinski definition) is 6. The van der Waals surface area contributed by atoms with E-state index >= 15 is 0 Å². The molecular weight excluding hydrogens is 402 g/mol. The van der Waals surface area contributed by atoms with Gasteiger partial charge in [0.25, 0.3) is 0 Å². The van der Waals surface area contributed by atoms with Gasteiger partial charge < -0.3 is 15.4 Å². The number of fused-ring (bicyclic) bond motifs is 1.